The molecule has 0 spiro atoms. The van der Waals surface area contributed by atoms with Crippen LogP contribution in [0.2, 0.25) is 0 Å². The molecule has 0 aliphatic carbocycles. The second kappa shape index (κ2) is 70.2. The van der Waals surface area contributed by atoms with E-state index in [9.17, 15) is 38.4 Å². The molecule has 0 aromatic rings. The van der Waals surface area contributed by atoms with E-state index in [2.05, 4.69) is 101 Å². The van der Waals surface area contributed by atoms with Crippen LogP contribution in [-0.2, 0) is 43.1 Å². The molecule has 0 aliphatic heterocycles. The monoisotopic (exact) mass is 1200 g/mol. The van der Waals surface area contributed by atoms with E-state index in [4.69, 9.17) is 96.7 Å². The van der Waals surface area contributed by atoms with E-state index in [1.165, 1.54) is 0 Å². The van der Waals surface area contributed by atoms with Crippen LogP contribution in [0.15, 0.2) is 0 Å². The lowest BCUT2D eigenvalue weighted by atomic mass is 9.91. The second-order valence-corrected chi connectivity index (χ2v) is 15.8. The van der Waals surface area contributed by atoms with Crippen LogP contribution in [0.25, 0.3) is 0 Å². The molecule has 71 heavy (non-hydrogen) atoms. The maximum atomic E-state index is 9.55. The number of rotatable bonds is 27. The van der Waals surface area contributed by atoms with Crippen LogP contribution >= 0.6 is 101 Å². The summed E-state index contributed by atoms with van der Waals surface area (Å²) in [5.41, 5.74) is -3.43. The number of carboxylic acid groups (broad SMARTS) is 8. The van der Waals surface area contributed by atoms with Crippen molar-refractivity contribution in [3.63, 3.8) is 0 Å². The molecule has 0 fully saturated rings. The Hall–Kier alpha value is -1.88. The highest BCUT2D eigenvalue weighted by Gasteiger charge is 2.33. The minimum atomic E-state index is -1.16. The number of carbonyl (C=O) groups is 8. The molecule has 0 atom stereocenters. The summed E-state index contributed by atoms with van der Waals surface area (Å²) < 4.78 is 5.15. The van der Waals surface area contributed by atoms with Gasteiger partial charge in [0.1, 0.15) is 0 Å². The van der Waals surface area contributed by atoms with Gasteiger partial charge in [0.15, 0.2) is 0 Å². The Kier molecular flexibility index (Phi) is 90.7. The quantitative estimate of drug-likeness (QED) is 0.0361. The molecular weight excluding hydrogens is 1120 g/mol. The summed E-state index contributed by atoms with van der Waals surface area (Å²) in [5, 5.41) is 150. The smallest absolute Gasteiger partial charge is 0.313 e. The molecule has 0 aromatic heterocycles. The molecule has 430 valence electrons. The second-order valence-electron chi connectivity index (χ2n) is 12.6. The first-order valence-electron chi connectivity index (χ1n) is 19.3. The van der Waals surface area contributed by atoms with Crippen molar-refractivity contribution >= 4 is 149 Å². The summed E-state index contributed by atoms with van der Waals surface area (Å²) in [6, 6.07) is 0. The molecule has 0 bridgehead atoms. The summed E-state index contributed by atoms with van der Waals surface area (Å²) in [4.78, 5) is 75.6. The Balaban J connectivity index is -0.0000000756. The molecule has 18 N–H and O–H groups in total. The first-order valence-corrected chi connectivity index (χ1v) is 24.3. The first kappa shape index (κ1) is 91.8. The Morgan fingerprint density at radius 2 is 0.394 bits per heavy atom. The molecule has 0 amide bonds. The van der Waals surface area contributed by atoms with E-state index < -0.39 is 130 Å². The van der Waals surface area contributed by atoms with E-state index in [1.54, 1.807) is 0 Å². The zero-order valence-electron chi connectivity index (χ0n) is 38.5. The first-order chi connectivity index (χ1) is 33.0. The summed E-state index contributed by atoms with van der Waals surface area (Å²) >= 11 is 28.6. The molecule has 0 aromatic carbocycles. The van der Waals surface area contributed by atoms with Crippen molar-refractivity contribution in [1.29, 1.82) is 0 Å². The normalized spacial score (nSPS) is 9.66. The van der Waals surface area contributed by atoms with E-state index in [0.29, 0.717) is 28.8 Å². The number of carboxylic acids is 8. The third-order valence-corrected chi connectivity index (χ3v) is 8.13. The summed E-state index contributed by atoms with van der Waals surface area (Å²) in [7, 11) is 0. The fourth-order valence-corrected chi connectivity index (χ4v) is 2.79. The largest absolute Gasteiger partial charge is 0.481 e. The average molecular weight is 1200 g/mol. The van der Waals surface area contributed by atoms with Gasteiger partial charge in [-0.3, -0.25) is 38.4 Å². The predicted molar refractivity (Wildman–Crippen MR) is 284 cm³/mol. The van der Waals surface area contributed by atoms with E-state index >= 15 is 0 Å². The van der Waals surface area contributed by atoms with Crippen molar-refractivity contribution in [3.05, 3.63) is 0 Å². The van der Waals surface area contributed by atoms with Gasteiger partial charge in [-0.25, -0.2) is 0 Å². The Bertz CT molecular complexity index is 1070. The van der Waals surface area contributed by atoms with Gasteiger partial charge < -0.3 is 96.7 Å². The molecule has 0 aliphatic rings. The number of aliphatic carboxylic acids is 8. The molecular formula is C36H76O27S8. The van der Waals surface area contributed by atoms with E-state index in [1.807, 2.05) is 0 Å². The third-order valence-electron chi connectivity index (χ3n) is 6.20. The van der Waals surface area contributed by atoms with Gasteiger partial charge in [-0.05, 0) is 0 Å². The van der Waals surface area contributed by atoms with Gasteiger partial charge in [0.25, 0.3) is 0 Å². The number of ether oxygens (including phenoxy) is 1. The van der Waals surface area contributed by atoms with Gasteiger partial charge in [-0.1, -0.05) is 0 Å². The van der Waals surface area contributed by atoms with Crippen LogP contribution in [-0.4, -0.2) is 265 Å². The third kappa shape index (κ3) is 91.3. The summed E-state index contributed by atoms with van der Waals surface area (Å²) in [5.74, 6) is -4.70. The zero-order chi connectivity index (χ0) is 58.5. The predicted octanol–water partition coefficient (Wildman–Crippen LogP) is -3.17. The van der Waals surface area contributed by atoms with Crippen LogP contribution in [0.4, 0.5) is 0 Å². The Morgan fingerprint density at radius 3 is 0.437 bits per heavy atom. The molecule has 0 saturated carbocycles. The Labute approximate surface area is 455 Å². The van der Waals surface area contributed by atoms with Crippen molar-refractivity contribution in [2.45, 2.75) is 32.1 Å². The minimum Gasteiger partial charge on any atom is -0.481 e. The van der Waals surface area contributed by atoms with Gasteiger partial charge in [0.05, 0.1) is 145 Å². The number of aliphatic hydroxyl groups is 10. The minimum absolute atomic E-state index is 0.0833. The molecule has 0 unspecified atom stereocenters. The fraction of sp³-hybridized carbons (Fsp3) is 0.778. The average Bonchev–Trinajstić information content (AvgIpc) is 3.32. The molecule has 0 radical (unpaired) electrons. The van der Waals surface area contributed by atoms with Gasteiger partial charge in [0, 0.05) is 28.8 Å². The van der Waals surface area contributed by atoms with Gasteiger partial charge in [0.2, 0.25) is 0 Å². The number of thiol groups is 8. The fourth-order valence-electron chi connectivity index (χ4n) is 1.84. The van der Waals surface area contributed by atoms with Crippen molar-refractivity contribution in [2.75, 3.05) is 125 Å². The van der Waals surface area contributed by atoms with Crippen LogP contribution in [0, 0.1) is 16.2 Å². The zero-order valence-corrected chi connectivity index (χ0v) is 45.6. The SMILES string of the molecule is O=C(O)CCS.O=C(O)CCS.O=C(O)CCS.O=C(O)CCS.O=C(O)CCS.O=C(O)CS.O=C(O)CS.O=C(O)CS.OCC(CO)(CO)CO.OCC(CO)(CO)COCC(CO)(CO)CO. The highest BCUT2D eigenvalue weighted by Crippen LogP contribution is 2.20. The van der Waals surface area contributed by atoms with Gasteiger partial charge in [-0.2, -0.15) is 101 Å². The molecule has 27 nitrogen and oxygen atoms in total. The van der Waals surface area contributed by atoms with Crippen LogP contribution < -0.4 is 0 Å². The highest BCUT2D eigenvalue weighted by molar-refractivity contribution is 7.81. The lowest BCUT2D eigenvalue weighted by Gasteiger charge is -2.31. The maximum absolute atomic E-state index is 9.55. The number of hydrogen-bond donors (Lipinski definition) is 26. The molecule has 0 heterocycles. The van der Waals surface area contributed by atoms with Crippen molar-refractivity contribution in [3.8, 4) is 0 Å². The highest BCUT2D eigenvalue weighted by atomic mass is 32.1. The molecule has 35 heteroatoms. The lowest BCUT2D eigenvalue weighted by Crippen LogP contribution is -2.43. The Morgan fingerprint density at radius 1 is 0.268 bits per heavy atom. The summed E-state index contributed by atoms with van der Waals surface area (Å²) in [6.45, 7) is -4.63. The van der Waals surface area contributed by atoms with Gasteiger partial charge in [-0.15, -0.1) is 0 Å². The summed E-state index contributed by atoms with van der Waals surface area (Å²) in [6.07, 6.45) is 0.779. The maximum Gasteiger partial charge on any atom is 0.313 e. The molecule has 0 rings (SSSR count). The topological polar surface area (TPSA) is 510 Å². The van der Waals surface area contributed by atoms with E-state index in [-0.39, 0.29) is 62.6 Å². The van der Waals surface area contributed by atoms with Crippen molar-refractivity contribution in [2.24, 2.45) is 16.2 Å². The standard InChI is InChI=1S/C10H22O7.C5H12O4.5C3H6O2S.3C2H4O2S/c11-1-9(2-12,3-13)7-17-8-10(4-14,5-15)6-16;6-1-5(2-7,3-8)4-9;5*4-3(5)1-2-6;3*3-2(4)1-5/h11-16H,1-8H2;6-9H,1-4H2;5*6H,1-2H2,(H,4,5);3*5H,1H2,(H,3,4). The van der Waals surface area contributed by atoms with Crippen LogP contribution in [0.1, 0.15) is 32.1 Å². The van der Waals surface area contributed by atoms with Crippen LogP contribution in [0.5, 0.6) is 0 Å². The van der Waals surface area contributed by atoms with Crippen LogP contribution in [0.3, 0.4) is 0 Å². The lowest BCUT2D eigenvalue weighted by molar-refractivity contribution is -0.137. The van der Waals surface area contributed by atoms with Crippen molar-refractivity contribution < 1.29 is 135 Å². The van der Waals surface area contributed by atoms with Gasteiger partial charge >= 0.3 is 47.8 Å². The molecule has 0 saturated heterocycles. The van der Waals surface area contributed by atoms with E-state index in [0.717, 1.165) is 0 Å². The number of aliphatic hydroxyl groups excluding tert-OH is 10. The number of hydrogen-bond acceptors (Lipinski definition) is 27. The van der Waals surface area contributed by atoms with Crippen molar-refractivity contribution in [1.82, 2.24) is 0 Å².